The van der Waals surface area contributed by atoms with Crippen LogP contribution >= 0.6 is 11.6 Å². The number of methoxy groups -OCH3 is 1. The van der Waals surface area contributed by atoms with Gasteiger partial charge in [0.15, 0.2) is 0 Å². The minimum Gasteiger partial charge on any atom is -0.496 e. The van der Waals surface area contributed by atoms with E-state index < -0.39 is 0 Å². The van der Waals surface area contributed by atoms with Crippen molar-refractivity contribution in [2.24, 2.45) is 5.92 Å². The van der Waals surface area contributed by atoms with Crippen LogP contribution in [0.25, 0.3) is 0 Å². The molecule has 0 amide bonds. The van der Waals surface area contributed by atoms with Gasteiger partial charge >= 0.3 is 0 Å². The van der Waals surface area contributed by atoms with Crippen molar-refractivity contribution >= 4 is 11.6 Å². The molecule has 14 heavy (non-hydrogen) atoms. The lowest BCUT2D eigenvalue weighted by Crippen LogP contribution is -2.02. The zero-order valence-corrected chi connectivity index (χ0v) is 9.31. The molecule has 0 spiro atoms. The average Bonchev–Trinajstić information content (AvgIpc) is 2.16. The fourth-order valence-corrected chi connectivity index (χ4v) is 1.45. The van der Waals surface area contributed by atoms with Crippen LogP contribution in [0.1, 0.15) is 24.8 Å². The van der Waals surface area contributed by atoms with Gasteiger partial charge in [-0.05, 0) is 24.1 Å². The normalized spacial score (nSPS) is 13.0. The maximum absolute atomic E-state index is 13.0. The van der Waals surface area contributed by atoms with Crippen molar-refractivity contribution in [3.63, 3.8) is 0 Å². The first-order valence-corrected chi connectivity index (χ1v) is 4.97. The van der Waals surface area contributed by atoms with Gasteiger partial charge in [-0.1, -0.05) is 13.8 Å². The molecule has 0 heterocycles. The summed E-state index contributed by atoms with van der Waals surface area (Å²) >= 11 is 6.15. The van der Waals surface area contributed by atoms with Gasteiger partial charge in [0.25, 0.3) is 0 Å². The molecule has 0 saturated carbocycles. The minimum absolute atomic E-state index is 0.222. The van der Waals surface area contributed by atoms with Gasteiger partial charge in [-0.3, -0.25) is 0 Å². The standard InChI is InChI=1S/C11H14ClFO/c1-7(2)11(12)9-6-8(13)4-5-10(9)14-3/h4-7,11H,1-3H3. The maximum atomic E-state index is 13.0. The van der Waals surface area contributed by atoms with Crippen molar-refractivity contribution in [2.75, 3.05) is 7.11 Å². The third kappa shape index (κ3) is 2.38. The molecule has 0 bridgehead atoms. The third-order valence-corrected chi connectivity index (χ3v) is 2.81. The van der Waals surface area contributed by atoms with Crippen LogP contribution in [-0.4, -0.2) is 7.11 Å². The number of rotatable bonds is 3. The number of hydrogen-bond acceptors (Lipinski definition) is 1. The predicted molar refractivity (Wildman–Crippen MR) is 56.4 cm³/mol. The molecule has 1 aromatic carbocycles. The summed E-state index contributed by atoms with van der Waals surface area (Å²) in [7, 11) is 1.56. The third-order valence-electron chi connectivity index (χ3n) is 2.07. The second kappa shape index (κ2) is 4.65. The van der Waals surface area contributed by atoms with Crippen LogP contribution in [0.3, 0.4) is 0 Å². The molecule has 0 radical (unpaired) electrons. The lowest BCUT2D eigenvalue weighted by molar-refractivity contribution is 0.404. The van der Waals surface area contributed by atoms with E-state index in [1.807, 2.05) is 13.8 Å². The second-order valence-corrected chi connectivity index (χ2v) is 4.00. The molecular weight excluding hydrogens is 203 g/mol. The van der Waals surface area contributed by atoms with Crippen molar-refractivity contribution in [1.82, 2.24) is 0 Å². The van der Waals surface area contributed by atoms with E-state index in [2.05, 4.69) is 0 Å². The summed E-state index contributed by atoms with van der Waals surface area (Å²) in [5.41, 5.74) is 0.712. The molecule has 0 aliphatic rings. The largest absolute Gasteiger partial charge is 0.496 e. The Hall–Kier alpha value is -0.760. The lowest BCUT2D eigenvalue weighted by atomic mass is 10.0. The van der Waals surface area contributed by atoms with E-state index in [-0.39, 0.29) is 17.1 Å². The Bertz CT molecular complexity index is 312. The molecule has 0 saturated heterocycles. The zero-order chi connectivity index (χ0) is 10.7. The topological polar surface area (TPSA) is 9.23 Å². The Morgan fingerprint density at radius 2 is 2.00 bits per heavy atom. The molecule has 1 nitrogen and oxygen atoms in total. The summed E-state index contributed by atoms with van der Waals surface area (Å²) < 4.78 is 18.1. The Morgan fingerprint density at radius 3 is 2.50 bits per heavy atom. The van der Waals surface area contributed by atoms with Crippen molar-refractivity contribution in [2.45, 2.75) is 19.2 Å². The van der Waals surface area contributed by atoms with Crippen LogP contribution in [-0.2, 0) is 0 Å². The molecule has 0 fully saturated rings. The fraction of sp³-hybridized carbons (Fsp3) is 0.455. The summed E-state index contributed by atoms with van der Waals surface area (Å²) in [6.45, 7) is 3.98. The van der Waals surface area contributed by atoms with Gasteiger partial charge in [-0.2, -0.15) is 0 Å². The van der Waals surface area contributed by atoms with Crippen molar-refractivity contribution in [1.29, 1.82) is 0 Å². The van der Waals surface area contributed by atoms with E-state index in [0.29, 0.717) is 11.3 Å². The molecule has 78 valence electrons. The number of ether oxygens (including phenoxy) is 1. The van der Waals surface area contributed by atoms with Gasteiger partial charge in [-0.25, -0.2) is 4.39 Å². The number of halogens is 2. The van der Waals surface area contributed by atoms with Crippen LogP contribution in [0, 0.1) is 11.7 Å². The zero-order valence-electron chi connectivity index (χ0n) is 8.55. The van der Waals surface area contributed by atoms with Crippen LogP contribution in [0.2, 0.25) is 0 Å². The second-order valence-electron chi connectivity index (χ2n) is 3.53. The molecule has 0 N–H and O–H groups in total. The molecule has 0 aliphatic carbocycles. The van der Waals surface area contributed by atoms with Gasteiger partial charge < -0.3 is 4.74 Å². The van der Waals surface area contributed by atoms with Gasteiger partial charge in [-0.15, -0.1) is 11.6 Å². The SMILES string of the molecule is COc1ccc(F)cc1C(Cl)C(C)C. The molecule has 1 unspecified atom stereocenters. The maximum Gasteiger partial charge on any atom is 0.123 e. The molecule has 0 aromatic heterocycles. The Labute approximate surface area is 88.8 Å². The molecule has 0 aliphatic heterocycles. The summed E-state index contributed by atoms with van der Waals surface area (Å²) in [6, 6.07) is 4.39. The fourth-order valence-electron chi connectivity index (χ4n) is 1.28. The smallest absolute Gasteiger partial charge is 0.123 e. The van der Waals surface area contributed by atoms with Crippen molar-refractivity contribution in [3.8, 4) is 5.75 Å². The number of benzene rings is 1. The summed E-state index contributed by atoms with van der Waals surface area (Å²) in [5, 5.41) is -0.222. The van der Waals surface area contributed by atoms with Crippen molar-refractivity contribution in [3.05, 3.63) is 29.6 Å². The molecule has 1 aromatic rings. The highest BCUT2D eigenvalue weighted by Gasteiger charge is 2.17. The summed E-state index contributed by atoms with van der Waals surface area (Å²) in [6.07, 6.45) is 0. The van der Waals surface area contributed by atoms with Gasteiger partial charge in [0, 0.05) is 5.56 Å². The summed E-state index contributed by atoms with van der Waals surface area (Å²) in [4.78, 5) is 0. The average molecular weight is 217 g/mol. The van der Waals surface area contributed by atoms with Crippen LogP contribution in [0.5, 0.6) is 5.75 Å². The van der Waals surface area contributed by atoms with Gasteiger partial charge in [0.2, 0.25) is 0 Å². The Kier molecular flexibility index (Phi) is 3.76. The first-order valence-electron chi connectivity index (χ1n) is 4.53. The van der Waals surface area contributed by atoms with Gasteiger partial charge in [0.1, 0.15) is 11.6 Å². The molecule has 1 rings (SSSR count). The van der Waals surface area contributed by atoms with E-state index in [1.165, 1.54) is 12.1 Å². The monoisotopic (exact) mass is 216 g/mol. The molecule has 3 heteroatoms. The van der Waals surface area contributed by atoms with Crippen molar-refractivity contribution < 1.29 is 9.13 Å². The first kappa shape index (κ1) is 11.3. The lowest BCUT2D eigenvalue weighted by Gasteiger charge is -2.16. The van der Waals surface area contributed by atoms with E-state index in [1.54, 1.807) is 13.2 Å². The van der Waals surface area contributed by atoms with Crippen LogP contribution < -0.4 is 4.74 Å². The highest BCUT2D eigenvalue weighted by molar-refractivity contribution is 6.21. The Morgan fingerprint density at radius 1 is 1.36 bits per heavy atom. The Balaban J connectivity index is 3.10. The molecular formula is C11H14ClFO. The van der Waals surface area contributed by atoms with Crippen LogP contribution in [0.15, 0.2) is 18.2 Å². The number of hydrogen-bond donors (Lipinski definition) is 0. The van der Waals surface area contributed by atoms with Gasteiger partial charge in [0.05, 0.1) is 12.5 Å². The highest BCUT2D eigenvalue weighted by Crippen LogP contribution is 2.35. The summed E-state index contributed by atoms with van der Waals surface area (Å²) in [5.74, 6) is 0.597. The minimum atomic E-state index is -0.285. The highest BCUT2D eigenvalue weighted by atomic mass is 35.5. The van der Waals surface area contributed by atoms with E-state index in [4.69, 9.17) is 16.3 Å². The van der Waals surface area contributed by atoms with E-state index in [9.17, 15) is 4.39 Å². The number of alkyl halides is 1. The predicted octanol–water partition coefficient (Wildman–Crippen LogP) is 3.77. The van der Waals surface area contributed by atoms with E-state index in [0.717, 1.165) is 0 Å². The van der Waals surface area contributed by atoms with Crippen LogP contribution in [0.4, 0.5) is 4.39 Å². The molecule has 1 atom stereocenters. The van der Waals surface area contributed by atoms with E-state index >= 15 is 0 Å². The quantitative estimate of drug-likeness (QED) is 0.699. The first-order chi connectivity index (χ1) is 6.56.